The molecule has 4 N–H and O–H groups in total. The van der Waals surface area contributed by atoms with Gasteiger partial charge < -0.3 is 39.4 Å². The van der Waals surface area contributed by atoms with Crippen LogP contribution in [0.5, 0.6) is 0 Å². The fraction of sp³-hybridized carbons (Fsp3) is 0.872. The molecule has 1 heterocycles. The van der Waals surface area contributed by atoms with Gasteiger partial charge in [-0.3, -0.25) is 9.59 Å². The highest BCUT2D eigenvalue weighted by molar-refractivity contribution is 5.70. The minimum atomic E-state index is -1.59. The van der Waals surface area contributed by atoms with Gasteiger partial charge >= 0.3 is 11.9 Å². The SMILES string of the molecule is C=CCCCCCCCCCCCCCCCC(=O)OC[C@H](CO[C@@H]1O[C@H](CO)[C@H](O)C(O)C1O)OC(=O)CCCCCCCCCCC/C=C/CCCCCC. The van der Waals surface area contributed by atoms with Crippen LogP contribution in [0.1, 0.15) is 206 Å². The van der Waals surface area contributed by atoms with Gasteiger partial charge in [0.15, 0.2) is 12.4 Å². The van der Waals surface area contributed by atoms with Gasteiger partial charge in [0.2, 0.25) is 0 Å². The molecule has 0 bridgehead atoms. The van der Waals surface area contributed by atoms with Crippen molar-refractivity contribution in [2.24, 2.45) is 0 Å². The van der Waals surface area contributed by atoms with Gasteiger partial charge in [0.25, 0.3) is 0 Å². The van der Waals surface area contributed by atoms with Gasteiger partial charge in [0, 0.05) is 12.8 Å². The number of rotatable bonds is 40. The van der Waals surface area contributed by atoms with Crippen LogP contribution in [0.2, 0.25) is 0 Å². The van der Waals surface area contributed by atoms with Gasteiger partial charge in [-0.2, -0.15) is 0 Å². The minimum absolute atomic E-state index is 0.216. The molecule has 1 rings (SSSR count). The van der Waals surface area contributed by atoms with Crippen molar-refractivity contribution < 1.29 is 49.0 Å². The van der Waals surface area contributed by atoms with Crippen molar-refractivity contribution in [2.75, 3.05) is 19.8 Å². The molecule has 10 heteroatoms. The van der Waals surface area contributed by atoms with Crippen LogP contribution in [0.25, 0.3) is 0 Å². The number of hydrogen-bond donors (Lipinski definition) is 4. The van der Waals surface area contributed by atoms with E-state index in [-0.39, 0.29) is 32.0 Å². The van der Waals surface area contributed by atoms with E-state index in [1.165, 1.54) is 135 Å². The van der Waals surface area contributed by atoms with Crippen LogP contribution in [0.15, 0.2) is 24.8 Å². The average molecular weight is 811 g/mol. The summed E-state index contributed by atoms with van der Waals surface area (Å²) < 4.78 is 22.2. The Labute approximate surface area is 347 Å². The van der Waals surface area contributed by atoms with E-state index in [1.807, 2.05) is 6.08 Å². The summed E-state index contributed by atoms with van der Waals surface area (Å²) in [5, 5.41) is 40.1. The lowest BCUT2D eigenvalue weighted by atomic mass is 9.99. The number of unbranched alkanes of at least 4 members (excludes halogenated alkanes) is 26. The molecule has 0 saturated carbocycles. The number of carbonyl (C=O) groups excluding carboxylic acids is 2. The molecular formula is C47H86O10. The third kappa shape index (κ3) is 30.0. The number of hydrogen-bond acceptors (Lipinski definition) is 10. The number of aliphatic hydroxyl groups is 4. The van der Waals surface area contributed by atoms with Gasteiger partial charge in [-0.15, -0.1) is 6.58 Å². The number of ether oxygens (including phenoxy) is 4. The molecule has 1 saturated heterocycles. The van der Waals surface area contributed by atoms with E-state index in [1.54, 1.807) is 0 Å². The zero-order chi connectivity index (χ0) is 41.6. The van der Waals surface area contributed by atoms with Crippen molar-refractivity contribution in [3.05, 3.63) is 24.8 Å². The molecule has 6 atom stereocenters. The quantitative estimate of drug-likeness (QED) is 0.0267. The maximum Gasteiger partial charge on any atom is 0.306 e. The molecule has 0 spiro atoms. The Hall–Kier alpha value is -1.82. The highest BCUT2D eigenvalue weighted by Crippen LogP contribution is 2.23. The lowest BCUT2D eigenvalue weighted by Gasteiger charge is -2.39. The Kier molecular flexibility index (Phi) is 35.8. The minimum Gasteiger partial charge on any atom is -0.462 e. The fourth-order valence-electron chi connectivity index (χ4n) is 7.22. The van der Waals surface area contributed by atoms with Gasteiger partial charge in [0.05, 0.1) is 13.2 Å². The van der Waals surface area contributed by atoms with Gasteiger partial charge in [-0.1, -0.05) is 160 Å². The smallest absolute Gasteiger partial charge is 0.306 e. The first-order chi connectivity index (χ1) is 27.8. The van der Waals surface area contributed by atoms with E-state index in [4.69, 9.17) is 18.9 Å². The predicted molar refractivity (Wildman–Crippen MR) is 229 cm³/mol. The monoisotopic (exact) mass is 811 g/mol. The van der Waals surface area contributed by atoms with Crippen molar-refractivity contribution in [2.45, 2.75) is 243 Å². The second-order valence-corrected chi connectivity index (χ2v) is 16.3. The predicted octanol–water partition coefficient (Wildman–Crippen LogP) is 10.1. The second kappa shape index (κ2) is 38.4. The van der Waals surface area contributed by atoms with Crippen molar-refractivity contribution >= 4 is 11.9 Å². The van der Waals surface area contributed by atoms with Crippen LogP contribution < -0.4 is 0 Å². The van der Waals surface area contributed by atoms with E-state index in [0.717, 1.165) is 44.9 Å². The molecule has 57 heavy (non-hydrogen) atoms. The van der Waals surface area contributed by atoms with E-state index in [2.05, 4.69) is 25.7 Å². The number of aliphatic hydroxyl groups excluding tert-OH is 4. The molecule has 1 fully saturated rings. The molecule has 1 aliphatic heterocycles. The summed E-state index contributed by atoms with van der Waals surface area (Å²) in [5.74, 6) is -0.805. The van der Waals surface area contributed by atoms with Crippen LogP contribution in [0, 0.1) is 0 Å². The third-order valence-corrected chi connectivity index (χ3v) is 11.0. The van der Waals surface area contributed by atoms with Crippen LogP contribution in [-0.4, -0.2) is 89.0 Å². The molecule has 10 nitrogen and oxygen atoms in total. The van der Waals surface area contributed by atoms with E-state index in [0.29, 0.717) is 6.42 Å². The van der Waals surface area contributed by atoms with Crippen molar-refractivity contribution in [1.82, 2.24) is 0 Å². The standard InChI is InChI=1S/C47H86O10/c1-3-5-7-9-11-13-15-17-19-20-22-24-26-28-30-32-34-36-43(50)56-40(39-55-47-46(53)45(52)44(51)41(37-48)57-47)38-54-42(49)35-33-31-29-27-25-23-21-18-16-14-12-10-8-6-4-2/h4,13,15,40-41,44-48,51-53H,2-3,5-12,14,16-39H2,1H3/b15-13+/t40-,41-,44+,45?,46?,47-/m1/s1. The second-order valence-electron chi connectivity index (χ2n) is 16.3. The molecule has 0 amide bonds. The zero-order valence-corrected chi connectivity index (χ0v) is 36.2. The molecule has 0 aromatic rings. The molecule has 0 aromatic carbocycles. The number of allylic oxidation sites excluding steroid dienone is 3. The summed E-state index contributed by atoms with van der Waals surface area (Å²) in [6, 6.07) is 0. The maximum atomic E-state index is 12.8. The van der Waals surface area contributed by atoms with E-state index in [9.17, 15) is 30.0 Å². The largest absolute Gasteiger partial charge is 0.462 e. The van der Waals surface area contributed by atoms with Crippen LogP contribution in [0.3, 0.4) is 0 Å². The average Bonchev–Trinajstić information content (AvgIpc) is 3.21. The van der Waals surface area contributed by atoms with Crippen molar-refractivity contribution in [3.63, 3.8) is 0 Å². The molecule has 334 valence electrons. The fourth-order valence-corrected chi connectivity index (χ4v) is 7.22. The topological polar surface area (TPSA) is 152 Å². The van der Waals surface area contributed by atoms with Crippen LogP contribution in [-0.2, 0) is 28.5 Å². The Balaban J connectivity index is 2.29. The molecule has 0 radical (unpaired) electrons. The molecule has 2 unspecified atom stereocenters. The molecule has 0 aromatic heterocycles. The molecule has 0 aliphatic carbocycles. The highest BCUT2D eigenvalue weighted by Gasteiger charge is 2.44. The first kappa shape index (κ1) is 53.2. The normalized spacial score (nSPS) is 20.2. The number of carbonyl (C=O) groups is 2. The van der Waals surface area contributed by atoms with E-state index < -0.39 is 49.4 Å². The maximum absolute atomic E-state index is 12.8. The van der Waals surface area contributed by atoms with Crippen LogP contribution >= 0.6 is 0 Å². The summed E-state index contributed by atoms with van der Waals surface area (Å²) in [6.07, 6.45) is 33.6. The lowest BCUT2D eigenvalue weighted by Crippen LogP contribution is -2.59. The first-order valence-corrected chi connectivity index (χ1v) is 23.4. The Bertz CT molecular complexity index is 972. The third-order valence-electron chi connectivity index (χ3n) is 11.0. The van der Waals surface area contributed by atoms with Crippen molar-refractivity contribution in [1.29, 1.82) is 0 Å². The zero-order valence-electron chi connectivity index (χ0n) is 36.2. The summed E-state index contributed by atoms with van der Waals surface area (Å²) >= 11 is 0. The molecular weight excluding hydrogens is 725 g/mol. The lowest BCUT2D eigenvalue weighted by molar-refractivity contribution is -0.305. The summed E-state index contributed by atoms with van der Waals surface area (Å²) in [7, 11) is 0. The van der Waals surface area contributed by atoms with Crippen LogP contribution in [0.4, 0.5) is 0 Å². The summed E-state index contributed by atoms with van der Waals surface area (Å²) in [4.78, 5) is 25.4. The Morgan fingerprint density at radius 1 is 0.579 bits per heavy atom. The Morgan fingerprint density at radius 3 is 1.49 bits per heavy atom. The Morgan fingerprint density at radius 2 is 1.02 bits per heavy atom. The summed E-state index contributed by atoms with van der Waals surface area (Å²) in [6.45, 7) is 4.95. The van der Waals surface area contributed by atoms with Gasteiger partial charge in [-0.05, 0) is 51.4 Å². The van der Waals surface area contributed by atoms with Gasteiger partial charge in [0.1, 0.15) is 31.0 Å². The van der Waals surface area contributed by atoms with Gasteiger partial charge in [-0.25, -0.2) is 0 Å². The number of esters is 2. The highest BCUT2D eigenvalue weighted by atomic mass is 16.7. The first-order valence-electron chi connectivity index (χ1n) is 23.4. The molecule has 1 aliphatic rings. The van der Waals surface area contributed by atoms with E-state index >= 15 is 0 Å². The summed E-state index contributed by atoms with van der Waals surface area (Å²) in [5.41, 5.74) is 0. The van der Waals surface area contributed by atoms with Crippen molar-refractivity contribution in [3.8, 4) is 0 Å².